The Balaban J connectivity index is 1.66. The van der Waals surface area contributed by atoms with Gasteiger partial charge >= 0.3 is 0 Å². The van der Waals surface area contributed by atoms with Crippen LogP contribution in [0.1, 0.15) is 18.4 Å². The van der Waals surface area contributed by atoms with Gasteiger partial charge in [0.15, 0.2) is 0 Å². The average molecular weight is 257 g/mol. The molecule has 3 rings (SSSR count). The Morgan fingerprint density at radius 1 is 1.11 bits per heavy atom. The van der Waals surface area contributed by atoms with Crippen LogP contribution in [0.2, 0.25) is 0 Å². The number of rotatable bonds is 3. The molecule has 1 nitrogen and oxygen atoms in total. The molecular formula is C16H19NS. The van der Waals surface area contributed by atoms with Crippen molar-refractivity contribution in [1.82, 2.24) is 5.32 Å². The maximum absolute atomic E-state index is 3.48. The van der Waals surface area contributed by atoms with Crippen LogP contribution in [-0.2, 0) is 5.75 Å². The molecule has 0 aromatic heterocycles. The van der Waals surface area contributed by atoms with E-state index in [-0.39, 0.29) is 0 Å². The summed E-state index contributed by atoms with van der Waals surface area (Å²) in [4.78, 5) is 0. The lowest BCUT2D eigenvalue weighted by atomic mass is 10.1. The molecular weight excluding hydrogens is 238 g/mol. The van der Waals surface area contributed by atoms with Gasteiger partial charge in [0.05, 0.1) is 0 Å². The molecule has 1 unspecified atom stereocenters. The van der Waals surface area contributed by atoms with Crippen LogP contribution in [0.4, 0.5) is 0 Å². The molecule has 1 saturated heterocycles. The van der Waals surface area contributed by atoms with Gasteiger partial charge < -0.3 is 5.32 Å². The molecule has 2 heteroatoms. The first-order valence-corrected chi connectivity index (χ1v) is 7.77. The number of thioether (sulfide) groups is 1. The minimum absolute atomic E-state index is 0.797. The van der Waals surface area contributed by atoms with Gasteiger partial charge in [-0.25, -0.2) is 0 Å². The molecule has 1 aliphatic heterocycles. The molecule has 0 radical (unpaired) electrons. The maximum Gasteiger partial charge on any atom is 0.0188 e. The quantitative estimate of drug-likeness (QED) is 0.897. The molecule has 1 heterocycles. The fourth-order valence-corrected chi connectivity index (χ4v) is 3.68. The van der Waals surface area contributed by atoms with Crippen molar-refractivity contribution in [3.63, 3.8) is 0 Å². The monoisotopic (exact) mass is 257 g/mol. The Kier molecular flexibility index (Phi) is 3.87. The second kappa shape index (κ2) is 5.77. The van der Waals surface area contributed by atoms with Crippen LogP contribution in [0.15, 0.2) is 42.5 Å². The largest absolute Gasteiger partial charge is 0.316 e. The van der Waals surface area contributed by atoms with Crippen molar-refractivity contribution in [2.75, 3.05) is 13.1 Å². The van der Waals surface area contributed by atoms with Crippen LogP contribution in [-0.4, -0.2) is 18.3 Å². The van der Waals surface area contributed by atoms with E-state index in [0.29, 0.717) is 0 Å². The minimum Gasteiger partial charge on any atom is -0.316 e. The Hall–Kier alpha value is -0.990. The van der Waals surface area contributed by atoms with E-state index in [1.54, 1.807) is 0 Å². The standard InChI is InChI=1S/C16H19NS/c1-2-5-15-10-13(7-8-14(15)4-1)12-18-16-6-3-9-17-11-16/h1-2,4-5,7-8,10,16-17H,3,6,9,11-12H2. The third-order valence-electron chi connectivity index (χ3n) is 3.55. The zero-order chi connectivity index (χ0) is 12.2. The van der Waals surface area contributed by atoms with Crippen LogP contribution < -0.4 is 5.32 Å². The third-order valence-corrected chi connectivity index (χ3v) is 4.93. The summed E-state index contributed by atoms with van der Waals surface area (Å²) in [6.07, 6.45) is 2.70. The molecule has 0 spiro atoms. The number of piperidine rings is 1. The Labute approximate surface area is 113 Å². The van der Waals surface area contributed by atoms with Gasteiger partial charge in [-0.1, -0.05) is 42.5 Å². The first-order valence-electron chi connectivity index (χ1n) is 6.72. The molecule has 1 atom stereocenters. The number of fused-ring (bicyclic) bond motifs is 1. The zero-order valence-corrected chi connectivity index (χ0v) is 11.4. The van der Waals surface area contributed by atoms with Crippen LogP contribution in [0.5, 0.6) is 0 Å². The fourth-order valence-electron chi connectivity index (χ4n) is 2.50. The van der Waals surface area contributed by atoms with E-state index in [1.165, 1.54) is 42.3 Å². The van der Waals surface area contributed by atoms with Crippen molar-refractivity contribution in [2.45, 2.75) is 23.8 Å². The highest BCUT2D eigenvalue weighted by molar-refractivity contribution is 7.99. The van der Waals surface area contributed by atoms with Gasteiger partial charge in [-0.3, -0.25) is 0 Å². The summed E-state index contributed by atoms with van der Waals surface area (Å²) in [5.41, 5.74) is 1.45. The van der Waals surface area contributed by atoms with E-state index in [0.717, 1.165) is 11.0 Å². The third kappa shape index (κ3) is 2.88. The normalized spacial score (nSPS) is 20.1. The molecule has 0 aliphatic carbocycles. The van der Waals surface area contributed by atoms with Crippen LogP contribution in [0.3, 0.4) is 0 Å². The summed E-state index contributed by atoms with van der Waals surface area (Å²) < 4.78 is 0. The zero-order valence-electron chi connectivity index (χ0n) is 10.6. The van der Waals surface area contributed by atoms with E-state index >= 15 is 0 Å². The van der Waals surface area contributed by atoms with Gasteiger partial charge in [-0.2, -0.15) is 11.8 Å². The summed E-state index contributed by atoms with van der Waals surface area (Å²) in [7, 11) is 0. The van der Waals surface area contributed by atoms with Crippen molar-refractivity contribution in [1.29, 1.82) is 0 Å². The summed E-state index contributed by atoms with van der Waals surface area (Å²) in [5.74, 6) is 1.14. The highest BCUT2D eigenvalue weighted by atomic mass is 32.2. The Morgan fingerprint density at radius 2 is 2.00 bits per heavy atom. The molecule has 18 heavy (non-hydrogen) atoms. The topological polar surface area (TPSA) is 12.0 Å². The van der Waals surface area contributed by atoms with Gasteiger partial charge in [0.1, 0.15) is 0 Å². The molecule has 1 aliphatic rings. The van der Waals surface area contributed by atoms with Crippen molar-refractivity contribution in [3.05, 3.63) is 48.0 Å². The van der Waals surface area contributed by atoms with E-state index in [9.17, 15) is 0 Å². The second-order valence-electron chi connectivity index (χ2n) is 4.96. The van der Waals surface area contributed by atoms with E-state index in [4.69, 9.17) is 0 Å². The molecule has 94 valence electrons. The SMILES string of the molecule is c1ccc2cc(CSC3CCCNC3)ccc2c1. The van der Waals surface area contributed by atoms with Gasteiger partial charge in [0, 0.05) is 17.5 Å². The summed E-state index contributed by atoms with van der Waals surface area (Å²) >= 11 is 2.10. The smallest absolute Gasteiger partial charge is 0.0188 e. The fraction of sp³-hybridized carbons (Fsp3) is 0.375. The molecule has 0 amide bonds. The highest BCUT2D eigenvalue weighted by Crippen LogP contribution is 2.24. The Bertz CT molecular complexity index is 517. The molecule has 1 fully saturated rings. The number of benzene rings is 2. The van der Waals surface area contributed by atoms with Gasteiger partial charge in [-0.15, -0.1) is 0 Å². The lowest BCUT2D eigenvalue weighted by Crippen LogP contribution is -2.31. The van der Waals surface area contributed by atoms with Gasteiger partial charge in [0.25, 0.3) is 0 Å². The maximum atomic E-state index is 3.48. The van der Waals surface area contributed by atoms with E-state index in [1.807, 2.05) is 0 Å². The van der Waals surface area contributed by atoms with Crippen molar-refractivity contribution >= 4 is 22.5 Å². The van der Waals surface area contributed by atoms with Gasteiger partial charge in [0.2, 0.25) is 0 Å². The first-order chi connectivity index (χ1) is 8.92. The van der Waals surface area contributed by atoms with E-state index < -0.39 is 0 Å². The molecule has 2 aromatic rings. The molecule has 0 saturated carbocycles. The molecule has 1 N–H and O–H groups in total. The number of hydrogen-bond acceptors (Lipinski definition) is 2. The van der Waals surface area contributed by atoms with Crippen LogP contribution in [0, 0.1) is 0 Å². The summed E-state index contributed by atoms with van der Waals surface area (Å²) in [6.45, 7) is 2.38. The Morgan fingerprint density at radius 3 is 2.83 bits per heavy atom. The van der Waals surface area contributed by atoms with Crippen molar-refractivity contribution < 1.29 is 0 Å². The predicted octanol–water partition coefficient (Wildman–Crippen LogP) is 3.83. The number of hydrogen-bond donors (Lipinski definition) is 1. The van der Waals surface area contributed by atoms with Crippen LogP contribution in [0.25, 0.3) is 10.8 Å². The van der Waals surface area contributed by atoms with Crippen molar-refractivity contribution in [2.24, 2.45) is 0 Å². The lowest BCUT2D eigenvalue weighted by molar-refractivity contribution is 0.531. The molecule has 0 bridgehead atoms. The van der Waals surface area contributed by atoms with Crippen LogP contribution >= 0.6 is 11.8 Å². The molecule has 2 aromatic carbocycles. The van der Waals surface area contributed by atoms with Gasteiger partial charge in [-0.05, 0) is 35.7 Å². The summed E-state index contributed by atoms with van der Waals surface area (Å²) in [6, 6.07) is 15.4. The average Bonchev–Trinajstić information content (AvgIpc) is 2.46. The highest BCUT2D eigenvalue weighted by Gasteiger charge is 2.12. The summed E-state index contributed by atoms with van der Waals surface area (Å²) in [5, 5.41) is 6.97. The van der Waals surface area contributed by atoms with Crippen molar-refractivity contribution in [3.8, 4) is 0 Å². The van der Waals surface area contributed by atoms with E-state index in [2.05, 4.69) is 59.5 Å². The second-order valence-corrected chi connectivity index (χ2v) is 6.25. The number of nitrogens with one attached hydrogen (secondary N) is 1. The predicted molar refractivity (Wildman–Crippen MR) is 81.1 cm³/mol. The minimum atomic E-state index is 0.797. The first kappa shape index (κ1) is 12.1. The lowest BCUT2D eigenvalue weighted by Gasteiger charge is -2.22.